The number of aromatic nitrogens is 4. The highest BCUT2D eigenvalue weighted by atomic mass is 28.3. The van der Waals surface area contributed by atoms with E-state index in [-0.39, 0.29) is 18.2 Å². The van der Waals surface area contributed by atoms with Gasteiger partial charge in [-0.3, -0.25) is 0 Å². The minimum Gasteiger partial charge on any atom is -0.444 e. The van der Waals surface area contributed by atoms with Gasteiger partial charge in [0.05, 0.1) is 11.3 Å². The molecule has 0 radical (unpaired) electrons. The Bertz CT molecular complexity index is 1200. The first-order valence-corrected chi connectivity index (χ1v) is 16.2. The number of ether oxygens (including phenoxy) is 2. The van der Waals surface area contributed by atoms with Gasteiger partial charge in [0.1, 0.15) is 18.0 Å². The van der Waals surface area contributed by atoms with Crippen LogP contribution in [0.2, 0.25) is 25.7 Å². The standard InChI is InChI=1S/C25H38N6O4Si/c1-16-29-30-23(34-16)20-14-26-22-19(8-9-31(22)15-33-10-11-36(5,6)7)21(20)27-17-12-18(13-17)28-24(32)35-25(2,3)4/h8-9,14,17-18H,10-13,15H2,1-7H3,(H,26,27)(H,28,32)/t17-,18+. The molecule has 0 spiro atoms. The topological polar surface area (TPSA) is 116 Å². The molecular weight excluding hydrogens is 476 g/mol. The van der Waals surface area contributed by atoms with E-state index in [9.17, 15) is 4.79 Å². The van der Waals surface area contributed by atoms with Crippen LogP contribution in [0.3, 0.4) is 0 Å². The molecular formula is C25H38N6O4Si. The summed E-state index contributed by atoms with van der Waals surface area (Å²) in [6.07, 6.45) is 4.95. The largest absolute Gasteiger partial charge is 0.444 e. The van der Waals surface area contributed by atoms with Crippen molar-refractivity contribution in [2.24, 2.45) is 0 Å². The third kappa shape index (κ3) is 6.64. The molecule has 1 aliphatic rings. The van der Waals surface area contributed by atoms with Crippen LogP contribution in [-0.4, -0.2) is 58.2 Å². The van der Waals surface area contributed by atoms with Crippen molar-refractivity contribution in [1.29, 1.82) is 0 Å². The molecule has 0 saturated heterocycles. The van der Waals surface area contributed by atoms with Crippen molar-refractivity contribution in [2.75, 3.05) is 11.9 Å². The number of hydrogen-bond acceptors (Lipinski definition) is 8. The summed E-state index contributed by atoms with van der Waals surface area (Å²) in [5, 5.41) is 15.8. The second kappa shape index (κ2) is 10.2. The highest BCUT2D eigenvalue weighted by Crippen LogP contribution is 2.36. The molecule has 0 aliphatic heterocycles. The van der Waals surface area contributed by atoms with E-state index < -0.39 is 13.7 Å². The number of anilines is 1. The van der Waals surface area contributed by atoms with E-state index >= 15 is 0 Å². The molecule has 0 bridgehead atoms. The quantitative estimate of drug-likeness (QED) is 0.297. The molecule has 1 fully saturated rings. The predicted molar refractivity (Wildman–Crippen MR) is 142 cm³/mol. The van der Waals surface area contributed by atoms with Crippen molar-refractivity contribution in [3.05, 3.63) is 24.4 Å². The first-order chi connectivity index (χ1) is 16.9. The normalized spacial score (nSPS) is 18.2. The average molecular weight is 515 g/mol. The molecule has 0 atom stereocenters. The number of aryl methyl sites for hydroxylation is 1. The van der Waals surface area contributed by atoms with Gasteiger partial charge in [-0.05, 0) is 45.7 Å². The van der Waals surface area contributed by atoms with Crippen molar-refractivity contribution in [3.8, 4) is 11.5 Å². The van der Waals surface area contributed by atoms with Crippen molar-refractivity contribution in [3.63, 3.8) is 0 Å². The van der Waals surface area contributed by atoms with Gasteiger partial charge in [0, 0.05) is 51.5 Å². The van der Waals surface area contributed by atoms with E-state index in [0.717, 1.165) is 47.8 Å². The smallest absolute Gasteiger partial charge is 0.407 e. The molecule has 3 aromatic rings. The third-order valence-corrected chi connectivity index (χ3v) is 7.68. The molecule has 4 rings (SSSR count). The fourth-order valence-corrected chi connectivity index (χ4v) is 4.80. The van der Waals surface area contributed by atoms with Crippen LogP contribution in [0.4, 0.5) is 10.5 Å². The number of carbonyl (C=O) groups excluding carboxylic acids is 1. The number of carbonyl (C=O) groups is 1. The van der Waals surface area contributed by atoms with Crippen LogP contribution in [0.5, 0.6) is 0 Å². The van der Waals surface area contributed by atoms with Crippen molar-refractivity contribution >= 4 is 30.9 Å². The van der Waals surface area contributed by atoms with Crippen LogP contribution in [0.15, 0.2) is 22.9 Å². The lowest BCUT2D eigenvalue weighted by Gasteiger charge is -2.37. The minimum absolute atomic E-state index is 0.0631. The van der Waals surface area contributed by atoms with E-state index in [1.807, 2.05) is 37.6 Å². The summed E-state index contributed by atoms with van der Waals surface area (Å²) in [5.74, 6) is 0.918. The number of nitrogens with zero attached hydrogens (tertiary/aromatic N) is 4. The zero-order valence-corrected chi connectivity index (χ0v) is 23.3. The number of hydrogen-bond donors (Lipinski definition) is 2. The average Bonchev–Trinajstić information content (AvgIpc) is 3.34. The summed E-state index contributed by atoms with van der Waals surface area (Å²) in [7, 11) is -1.15. The van der Waals surface area contributed by atoms with Crippen LogP contribution >= 0.6 is 0 Å². The second-order valence-corrected chi connectivity index (χ2v) is 17.3. The number of pyridine rings is 1. The van der Waals surface area contributed by atoms with E-state index in [2.05, 4.69) is 40.5 Å². The molecule has 36 heavy (non-hydrogen) atoms. The Morgan fingerprint density at radius 3 is 2.61 bits per heavy atom. The summed E-state index contributed by atoms with van der Waals surface area (Å²) in [4.78, 5) is 16.8. The Labute approximate surface area is 213 Å². The molecule has 1 aliphatic carbocycles. The SMILES string of the molecule is Cc1nnc(-c2cnc3c(ccn3COCC[Si](C)(C)C)c2N[C@H]2C[C@@H](NC(=O)OC(C)(C)C)C2)o1. The summed E-state index contributed by atoms with van der Waals surface area (Å²) in [5.41, 5.74) is 1.96. The maximum absolute atomic E-state index is 12.1. The van der Waals surface area contributed by atoms with E-state index in [1.165, 1.54) is 0 Å². The number of rotatable bonds is 9. The maximum Gasteiger partial charge on any atom is 0.407 e. The second-order valence-electron chi connectivity index (χ2n) is 11.7. The summed E-state index contributed by atoms with van der Waals surface area (Å²) in [6.45, 7) is 15.6. The third-order valence-electron chi connectivity index (χ3n) is 5.98. The maximum atomic E-state index is 12.1. The van der Waals surface area contributed by atoms with Crippen molar-refractivity contribution in [2.45, 2.75) is 90.6 Å². The lowest BCUT2D eigenvalue weighted by molar-refractivity contribution is 0.0475. The van der Waals surface area contributed by atoms with Gasteiger partial charge in [-0.15, -0.1) is 10.2 Å². The molecule has 0 aromatic carbocycles. The molecule has 11 heteroatoms. The minimum atomic E-state index is -1.15. The van der Waals surface area contributed by atoms with Gasteiger partial charge >= 0.3 is 6.09 Å². The number of alkyl carbamates (subject to hydrolysis) is 1. The van der Waals surface area contributed by atoms with Gasteiger partial charge in [0.2, 0.25) is 5.89 Å². The Morgan fingerprint density at radius 2 is 1.97 bits per heavy atom. The summed E-state index contributed by atoms with van der Waals surface area (Å²) < 4.78 is 19.1. The van der Waals surface area contributed by atoms with Crippen LogP contribution in [0, 0.1) is 6.92 Å². The van der Waals surface area contributed by atoms with Gasteiger partial charge < -0.3 is 29.1 Å². The number of nitrogens with one attached hydrogen (secondary N) is 2. The van der Waals surface area contributed by atoms with E-state index in [0.29, 0.717) is 18.5 Å². The number of amides is 1. The van der Waals surface area contributed by atoms with Gasteiger partial charge in [0.25, 0.3) is 5.89 Å². The summed E-state index contributed by atoms with van der Waals surface area (Å²) >= 11 is 0. The molecule has 2 N–H and O–H groups in total. The molecule has 1 saturated carbocycles. The van der Waals surface area contributed by atoms with Crippen molar-refractivity contribution < 1.29 is 18.7 Å². The highest BCUT2D eigenvalue weighted by molar-refractivity contribution is 6.76. The Balaban J connectivity index is 1.49. The molecule has 10 nitrogen and oxygen atoms in total. The molecule has 3 heterocycles. The Hall–Kier alpha value is -2.92. The van der Waals surface area contributed by atoms with Gasteiger partial charge in [-0.25, -0.2) is 9.78 Å². The lowest BCUT2D eigenvalue weighted by Crippen LogP contribution is -2.50. The fourth-order valence-electron chi connectivity index (χ4n) is 4.04. The Kier molecular flexibility index (Phi) is 7.42. The van der Waals surface area contributed by atoms with E-state index in [1.54, 1.807) is 13.1 Å². The number of fused-ring (bicyclic) bond motifs is 1. The van der Waals surface area contributed by atoms with Crippen LogP contribution < -0.4 is 10.6 Å². The first kappa shape index (κ1) is 26.1. The monoisotopic (exact) mass is 514 g/mol. The van der Waals surface area contributed by atoms with Crippen LogP contribution in [0.1, 0.15) is 39.5 Å². The first-order valence-electron chi connectivity index (χ1n) is 12.5. The predicted octanol–water partition coefficient (Wildman–Crippen LogP) is 5.17. The van der Waals surface area contributed by atoms with E-state index in [4.69, 9.17) is 18.9 Å². The molecule has 196 valence electrons. The van der Waals surface area contributed by atoms with Gasteiger partial charge in [-0.2, -0.15) is 0 Å². The highest BCUT2D eigenvalue weighted by Gasteiger charge is 2.33. The zero-order valence-electron chi connectivity index (χ0n) is 22.3. The van der Waals surface area contributed by atoms with Gasteiger partial charge in [0.15, 0.2) is 0 Å². The Morgan fingerprint density at radius 1 is 1.22 bits per heavy atom. The van der Waals surface area contributed by atoms with Crippen molar-refractivity contribution in [1.82, 2.24) is 25.1 Å². The zero-order chi connectivity index (χ0) is 26.1. The van der Waals surface area contributed by atoms with Crippen LogP contribution in [0.25, 0.3) is 22.5 Å². The fraction of sp³-hybridized carbons (Fsp3) is 0.600. The van der Waals surface area contributed by atoms with Crippen LogP contribution in [-0.2, 0) is 16.2 Å². The summed E-state index contributed by atoms with van der Waals surface area (Å²) in [6, 6.07) is 3.39. The lowest BCUT2D eigenvalue weighted by atomic mass is 9.86. The molecule has 1 amide bonds. The van der Waals surface area contributed by atoms with Gasteiger partial charge in [-0.1, -0.05) is 19.6 Å². The molecule has 3 aromatic heterocycles. The molecule has 0 unspecified atom stereocenters.